The van der Waals surface area contributed by atoms with E-state index in [9.17, 15) is 0 Å². The quantitative estimate of drug-likeness (QED) is 0.650. The Hall–Kier alpha value is -2.34. The van der Waals surface area contributed by atoms with E-state index in [0.29, 0.717) is 6.54 Å². The van der Waals surface area contributed by atoms with Crippen LogP contribution in [-0.2, 0) is 20.1 Å². The second kappa shape index (κ2) is 9.04. The van der Waals surface area contributed by atoms with E-state index in [4.69, 9.17) is 4.99 Å². The van der Waals surface area contributed by atoms with Crippen LogP contribution < -0.4 is 5.32 Å². The lowest BCUT2D eigenvalue weighted by Crippen LogP contribution is -2.52. The standard InChI is InChI=1S/C21H32N6/c1-5-22-21(23-15-20-17(2)24-25(4)18(20)3)27-13-11-26(12-14-27)16-19-9-7-6-8-10-19/h6-10H,5,11-16H2,1-4H3,(H,22,23). The van der Waals surface area contributed by atoms with Gasteiger partial charge in [0.25, 0.3) is 0 Å². The maximum absolute atomic E-state index is 4.91. The van der Waals surface area contributed by atoms with E-state index >= 15 is 0 Å². The molecular weight excluding hydrogens is 336 g/mol. The van der Waals surface area contributed by atoms with Crippen molar-refractivity contribution >= 4 is 5.96 Å². The van der Waals surface area contributed by atoms with Crippen LogP contribution in [0.3, 0.4) is 0 Å². The number of nitrogens with one attached hydrogen (secondary N) is 1. The summed E-state index contributed by atoms with van der Waals surface area (Å²) in [7, 11) is 1.99. The van der Waals surface area contributed by atoms with Crippen LogP contribution in [0.5, 0.6) is 0 Å². The van der Waals surface area contributed by atoms with E-state index in [0.717, 1.165) is 50.9 Å². The Morgan fingerprint density at radius 3 is 2.41 bits per heavy atom. The zero-order valence-electron chi connectivity index (χ0n) is 17.1. The summed E-state index contributed by atoms with van der Waals surface area (Å²) in [6.45, 7) is 13.0. The number of piperazine rings is 1. The fourth-order valence-electron chi connectivity index (χ4n) is 3.59. The van der Waals surface area contributed by atoms with Gasteiger partial charge in [0.15, 0.2) is 5.96 Å². The van der Waals surface area contributed by atoms with Crippen molar-refractivity contribution in [3.63, 3.8) is 0 Å². The van der Waals surface area contributed by atoms with Crippen molar-refractivity contribution in [1.29, 1.82) is 0 Å². The Morgan fingerprint density at radius 1 is 1.11 bits per heavy atom. The first-order valence-electron chi connectivity index (χ1n) is 9.87. The summed E-state index contributed by atoms with van der Waals surface area (Å²) < 4.78 is 1.94. The summed E-state index contributed by atoms with van der Waals surface area (Å²) in [6.07, 6.45) is 0. The largest absolute Gasteiger partial charge is 0.357 e. The second-order valence-corrected chi connectivity index (χ2v) is 7.19. The first-order chi connectivity index (χ1) is 13.1. The molecule has 1 aromatic carbocycles. The molecule has 0 saturated carbocycles. The number of nitrogens with zero attached hydrogens (tertiary/aromatic N) is 5. The summed E-state index contributed by atoms with van der Waals surface area (Å²) in [5.74, 6) is 1.01. The predicted octanol–water partition coefficient (Wildman–Crippen LogP) is 2.32. The maximum Gasteiger partial charge on any atom is 0.194 e. The summed E-state index contributed by atoms with van der Waals surface area (Å²) in [5.41, 5.74) is 4.88. The van der Waals surface area contributed by atoms with E-state index in [1.807, 2.05) is 11.7 Å². The van der Waals surface area contributed by atoms with Gasteiger partial charge in [-0.15, -0.1) is 0 Å². The molecule has 1 fully saturated rings. The number of aromatic nitrogens is 2. The van der Waals surface area contributed by atoms with Gasteiger partial charge in [0.1, 0.15) is 0 Å². The minimum atomic E-state index is 0.679. The van der Waals surface area contributed by atoms with Gasteiger partial charge in [-0.1, -0.05) is 30.3 Å². The molecule has 0 spiro atoms. The van der Waals surface area contributed by atoms with Gasteiger partial charge in [0.2, 0.25) is 0 Å². The van der Waals surface area contributed by atoms with E-state index in [1.54, 1.807) is 0 Å². The molecular formula is C21H32N6. The molecule has 1 aromatic heterocycles. The fraction of sp³-hybridized carbons (Fsp3) is 0.524. The van der Waals surface area contributed by atoms with Crippen LogP contribution in [0.1, 0.15) is 29.4 Å². The van der Waals surface area contributed by atoms with Crippen LogP contribution in [0.25, 0.3) is 0 Å². The molecule has 1 saturated heterocycles. The average Bonchev–Trinajstić information content (AvgIpc) is 2.92. The van der Waals surface area contributed by atoms with Crippen molar-refractivity contribution in [3.8, 4) is 0 Å². The molecule has 0 amide bonds. The molecule has 1 aliphatic heterocycles. The fourth-order valence-corrected chi connectivity index (χ4v) is 3.59. The number of benzene rings is 1. The third-order valence-corrected chi connectivity index (χ3v) is 5.30. The van der Waals surface area contributed by atoms with Crippen LogP contribution in [0.15, 0.2) is 35.3 Å². The number of hydrogen-bond acceptors (Lipinski definition) is 3. The molecule has 1 aliphatic rings. The van der Waals surface area contributed by atoms with Crippen LogP contribution in [-0.4, -0.2) is 58.3 Å². The first-order valence-corrected chi connectivity index (χ1v) is 9.87. The summed E-state index contributed by atoms with van der Waals surface area (Å²) in [6, 6.07) is 10.7. The molecule has 146 valence electrons. The van der Waals surface area contributed by atoms with E-state index in [-0.39, 0.29) is 0 Å². The second-order valence-electron chi connectivity index (χ2n) is 7.19. The molecule has 6 nitrogen and oxygen atoms in total. The van der Waals surface area contributed by atoms with Gasteiger partial charge in [-0.05, 0) is 26.3 Å². The topological polar surface area (TPSA) is 48.7 Å². The third-order valence-electron chi connectivity index (χ3n) is 5.30. The molecule has 0 radical (unpaired) electrons. The van der Waals surface area contributed by atoms with Gasteiger partial charge in [0.05, 0.1) is 12.2 Å². The van der Waals surface area contributed by atoms with Crippen LogP contribution in [0, 0.1) is 13.8 Å². The maximum atomic E-state index is 4.91. The van der Waals surface area contributed by atoms with Crippen molar-refractivity contribution in [1.82, 2.24) is 24.9 Å². The minimum Gasteiger partial charge on any atom is -0.357 e. The highest BCUT2D eigenvalue weighted by molar-refractivity contribution is 5.80. The highest BCUT2D eigenvalue weighted by atomic mass is 15.3. The number of hydrogen-bond donors (Lipinski definition) is 1. The van der Waals surface area contributed by atoms with Gasteiger partial charge in [-0.2, -0.15) is 5.10 Å². The van der Waals surface area contributed by atoms with Crippen LogP contribution in [0.2, 0.25) is 0 Å². The van der Waals surface area contributed by atoms with Gasteiger partial charge in [0, 0.05) is 57.6 Å². The lowest BCUT2D eigenvalue weighted by Gasteiger charge is -2.36. The van der Waals surface area contributed by atoms with Crippen molar-refractivity contribution in [3.05, 3.63) is 52.8 Å². The molecule has 0 bridgehead atoms. The molecule has 2 aromatic rings. The van der Waals surface area contributed by atoms with Crippen molar-refractivity contribution in [2.75, 3.05) is 32.7 Å². The smallest absolute Gasteiger partial charge is 0.194 e. The molecule has 0 atom stereocenters. The average molecular weight is 369 g/mol. The number of aryl methyl sites for hydroxylation is 2. The van der Waals surface area contributed by atoms with Gasteiger partial charge >= 0.3 is 0 Å². The Balaban J connectivity index is 1.60. The molecule has 27 heavy (non-hydrogen) atoms. The van der Waals surface area contributed by atoms with Gasteiger partial charge in [-0.25, -0.2) is 4.99 Å². The normalized spacial score (nSPS) is 16.0. The molecule has 0 aliphatic carbocycles. The molecule has 6 heteroatoms. The van der Waals surface area contributed by atoms with E-state index < -0.39 is 0 Å². The zero-order valence-corrected chi connectivity index (χ0v) is 17.1. The Kier molecular flexibility index (Phi) is 6.50. The van der Waals surface area contributed by atoms with E-state index in [2.05, 4.69) is 71.3 Å². The minimum absolute atomic E-state index is 0.679. The molecule has 0 unspecified atom stereocenters. The number of rotatable bonds is 5. The van der Waals surface area contributed by atoms with Crippen LogP contribution in [0.4, 0.5) is 0 Å². The Labute approximate surface area is 162 Å². The first kappa shape index (κ1) is 19.4. The molecule has 3 rings (SSSR count). The van der Waals surface area contributed by atoms with Gasteiger partial charge < -0.3 is 10.2 Å². The SMILES string of the molecule is CCNC(=NCc1c(C)nn(C)c1C)N1CCN(Cc2ccccc2)CC1. The van der Waals surface area contributed by atoms with E-state index in [1.165, 1.54) is 16.8 Å². The Morgan fingerprint density at radius 2 is 1.81 bits per heavy atom. The Bertz CT molecular complexity index is 756. The van der Waals surface area contributed by atoms with Crippen molar-refractivity contribution in [2.24, 2.45) is 12.0 Å². The highest BCUT2D eigenvalue weighted by Crippen LogP contribution is 2.14. The van der Waals surface area contributed by atoms with Crippen LogP contribution >= 0.6 is 0 Å². The summed E-state index contributed by atoms with van der Waals surface area (Å²) in [4.78, 5) is 9.81. The predicted molar refractivity (Wildman–Crippen MR) is 111 cm³/mol. The molecule has 2 heterocycles. The lowest BCUT2D eigenvalue weighted by molar-refractivity contribution is 0.172. The lowest BCUT2D eigenvalue weighted by atomic mass is 10.2. The summed E-state index contributed by atoms with van der Waals surface area (Å²) in [5, 5.41) is 7.97. The van der Waals surface area contributed by atoms with Crippen molar-refractivity contribution < 1.29 is 0 Å². The highest BCUT2D eigenvalue weighted by Gasteiger charge is 2.20. The number of guanidine groups is 1. The van der Waals surface area contributed by atoms with Gasteiger partial charge in [-0.3, -0.25) is 9.58 Å². The monoisotopic (exact) mass is 368 g/mol. The van der Waals surface area contributed by atoms with Crippen molar-refractivity contribution in [2.45, 2.75) is 33.9 Å². The summed E-state index contributed by atoms with van der Waals surface area (Å²) >= 11 is 0. The number of aliphatic imine (C=N–C) groups is 1. The molecule has 1 N–H and O–H groups in total. The zero-order chi connectivity index (χ0) is 19.2. The third kappa shape index (κ3) is 4.89.